The van der Waals surface area contributed by atoms with Crippen molar-refractivity contribution in [3.63, 3.8) is 0 Å². The molecular formula is C8H7Cl2N3O2S. The first-order chi connectivity index (χ1) is 7.30. The fraction of sp³-hybridized carbons (Fsp3) is 0.250. The van der Waals surface area contributed by atoms with Gasteiger partial charge in [0.1, 0.15) is 5.15 Å². The van der Waals surface area contributed by atoms with Gasteiger partial charge in [0, 0.05) is 10.7 Å². The second-order valence-electron chi connectivity index (χ2n) is 3.33. The van der Waals surface area contributed by atoms with Crippen molar-refractivity contribution in [1.82, 2.24) is 14.6 Å². The molecule has 0 saturated carbocycles. The van der Waals surface area contributed by atoms with Crippen molar-refractivity contribution in [1.29, 1.82) is 0 Å². The van der Waals surface area contributed by atoms with Crippen LogP contribution < -0.4 is 0 Å². The molecule has 0 N–H and O–H groups in total. The molecule has 2 aromatic heterocycles. The molecule has 0 unspecified atom stereocenters. The lowest BCUT2D eigenvalue weighted by molar-refractivity contribution is 0.601. The Morgan fingerprint density at radius 1 is 1.38 bits per heavy atom. The molecule has 0 fully saturated rings. The van der Waals surface area contributed by atoms with E-state index in [1.807, 2.05) is 0 Å². The Bertz CT molecular complexity index is 678. The molecule has 0 amide bonds. The third-order valence-corrected chi connectivity index (χ3v) is 3.64. The van der Waals surface area contributed by atoms with Gasteiger partial charge in [-0.1, -0.05) is 11.6 Å². The van der Waals surface area contributed by atoms with Gasteiger partial charge in [0.25, 0.3) is 9.05 Å². The van der Waals surface area contributed by atoms with E-state index >= 15 is 0 Å². The molecule has 86 valence electrons. The van der Waals surface area contributed by atoms with Gasteiger partial charge in [-0.05, 0) is 25.5 Å². The van der Waals surface area contributed by atoms with E-state index in [9.17, 15) is 8.42 Å². The second kappa shape index (κ2) is 3.58. The van der Waals surface area contributed by atoms with Crippen LogP contribution in [0.25, 0.3) is 5.65 Å². The lowest BCUT2D eigenvalue weighted by Crippen LogP contribution is -2.03. The molecule has 2 rings (SSSR count). The summed E-state index contributed by atoms with van der Waals surface area (Å²) in [5.74, 6) is 0. The number of fused-ring (bicyclic) bond motifs is 1. The summed E-state index contributed by atoms with van der Waals surface area (Å²) < 4.78 is 23.9. The van der Waals surface area contributed by atoms with Gasteiger partial charge in [0.2, 0.25) is 0 Å². The minimum Gasteiger partial charge on any atom is -0.231 e. The number of aromatic nitrogens is 3. The first-order valence-corrected chi connectivity index (χ1v) is 6.96. The first kappa shape index (κ1) is 11.6. The van der Waals surface area contributed by atoms with Gasteiger partial charge in [-0.25, -0.2) is 13.4 Å². The number of hydrogen-bond donors (Lipinski definition) is 0. The van der Waals surface area contributed by atoms with Gasteiger partial charge in [-0.15, -0.1) is 0 Å². The summed E-state index contributed by atoms with van der Waals surface area (Å²) in [4.78, 5) is 4.10. The summed E-state index contributed by atoms with van der Waals surface area (Å²) in [6, 6.07) is 1.61. The van der Waals surface area contributed by atoms with Crippen LogP contribution in [0.15, 0.2) is 11.1 Å². The number of nitrogens with zero attached hydrogens (tertiary/aromatic N) is 3. The SMILES string of the molecule is Cc1nc2c(C)cc(Cl)nn2c1S(=O)(=O)Cl. The fourth-order valence-corrected chi connectivity index (χ4v) is 3.00. The van der Waals surface area contributed by atoms with Crippen molar-refractivity contribution in [2.24, 2.45) is 0 Å². The minimum absolute atomic E-state index is 0.144. The third-order valence-electron chi connectivity index (χ3n) is 2.09. The quantitative estimate of drug-likeness (QED) is 0.749. The van der Waals surface area contributed by atoms with E-state index in [2.05, 4.69) is 10.1 Å². The summed E-state index contributed by atoms with van der Waals surface area (Å²) in [6.45, 7) is 3.32. The lowest BCUT2D eigenvalue weighted by atomic mass is 10.3. The molecule has 0 saturated heterocycles. The Kier molecular flexibility index (Phi) is 2.60. The molecule has 8 heteroatoms. The topological polar surface area (TPSA) is 64.3 Å². The monoisotopic (exact) mass is 279 g/mol. The Balaban J connectivity index is 3.01. The highest BCUT2D eigenvalue weighted by molar-refractivity contribution is 8.13. The van der Waals surface area contributed by atoms with Gasteiger partial charge in [-0.3, -0.25) is 0 Å². The van der Waals surface area contributed by atoms with Crippen molar-refractivity contribution >= 4 is 37.0 Å². The van der Waals surface area contributed by atoms with E-state index in [-0.39, 0.29) is 10.2 Å². The van der Waals surface area contributed by atoms with Crippen molar-refractivity contribution in [3.05, 3.63) is 22.5 Å². The molecule has 0 aliphatic rings. The summed E-state index contributed by atoms with van der Waals surface area (Å²) >= 11 is 5.76. The average Bonchev–Trinajstić information content (AvgIpc) is 2.40. The zero-order valence-corrected chi connectivity index (χ0v) is 10.7. The standard InChI is InChI=1S/C8H7Cl2N3O2S/c1-4-3-6(9)12-13-7(4)11-5(2)8(13)16(10,14)15/h3H,1-2H3. The van der Waals surface area contributed by atoms with Crippen LogP contribution >= 0.6 is 22.3 Å². The smallest absolute Gasteiger partial charge is 0.231 e. The van der Waals surface area contributed by atoms with Gasteiger partial charge in [0.15, 0.2) is 10.7 Å². The van der Waals surface area contributed by atoms with Crippen LogP contribution in [0.5, 0.6) is 0 Å². The van der Waals surface area contributed by atoms with Gasteiger partial charge in [0.05, 0.1) is 5.69 Å². The third kappa shape index (κ3) is 1.77. The highest BCUT2D eigenvalue weighted by Crippen LogP contribution is 2.23. The maximum absolute atomic E-state index is 11.4. The largest absolute Gasteiger partial charge is 0.280 e. The van der Waals surface area contributed by atoms with Crippen molar-refractivity contribution < 1.29 is 8.42 Å². The predicted molar refractivity (Wildman–Crippen MR) is 60.5 cm³/mol. The van der Waals surface area contributed by atoms with E-state index in [1.165, 1.54) is 0 Å². The lowest BCUT2D eigenvalue weighted by Gasteiger charge is -2.00. The average molecular weight is 280 g/mol. The normalized spacial score (nSPS) is 12.2. The van der Waals surface area contributed by atoms with Gasteiger partial charge in [-0.2, -0.15) is 9.61 Å². The number of rotatable bonds is 1. The molecule has 2 heterocycles. The maximum atomic E-state index is 11.4. The van der Waals surface area contributed by atoms with Crippen molar-refractivity contribution in [2.75, 3.05) is 0 Å². The molecule has 0 atom stereocenters. The second-order valence-corrected chi connectivity index (χ2v) is 6.19. The fourth-order valence-electron chi connectivity index (χ4n) is 1.50. The number of aryl methyl sites for hydroxylation is 2. The van der Waals surface area contributed by atoms with Crippen molar-refractivity contribution in [3.8, 4) is 0 Å². The van der Waals surface area contributed by atoms with Crippen LogP contribution in [0.4, 0.5) is 0 Å². The highest BCUT2D eigenvalue weighted by Gasteiger charge is 2.22. The summed E-state index contributed by atoms with van der Waals surface area (Å²) in [7, 11) is 1.42. The summed E-state index contributed by atoms with van der Waals surface area (Å²) in [6.07, 6.45) is 0. The van der Waals surface area contributed by atoms with Crippen LogP contribution in [0.3, 0.4) is 0 Å². The molecular weight excluding hydrogens is 273 g/mol. The summed E-state index contributed by atoms with van der Waals surface area (Å²) in [5, 5.41) is 3.92. The van der Waals surface area contributed by atoms with E-state index in [1.54, 1.807) is 19.9 Å². The Labute approximate surface area is 101 Å². The maximum Gasteiger partial charge on any atom is 0.280 e. The Morgan fingerprint density at radius 3 is 2.56 bits per heavy atom. The molecule has 0 bridgehead atoms. The van der Waals surface area contributed by atoms with E-state index in [4.69, 9.17) is 22.3 Å². The molecule has 5 nitrogen and oxygen atoms in total. The molecule has 16 heavy (non-hydrogen) atoms. The van der Waals surface area contributed by atoms with Crippen LogP contribution in [0.1, 0.15) is 11.3 Å². The van der Waals surface area contributed by atoms with Crippen LogP contribution in [-0.2, 0) is 9.05 Å². The van der Waals surface area contributed by atoms with Crippen LogP contribution in [0.2, 0.25) is 5.15 Å². The number of hydrogen-bond acceptors (Lipinski definition) is 4. The predicted octanol–water partition coefficient (Wildman–Crippen LogP) is 1.93. The first-order valence-electron chi connectivity index (χ1n) is 4.28. The molecule has 0 aliphatic heterocycles. The van der Waals surface area contributed by atoms with E-state index in [0.29, 0.717) is 11.3 Å². The molecule has 0 aromatic carbocycles. The Hall–Kier alpha value is -0.850. The van der Waals surface area contributed by atoms with Crippen LogP contribution in [-0.4, -0.2) is 23.0 Å². The zero-order valence-electron chi connectivity index (χ0n) is 8.40. The highest BCUT2D eigenvalue weighted by atomic mass is 35.7. The van der Waals surface area contributed by atoms with Crippen LogP contribution in [0, 0.1) is 13.8 Å². The Morgan fingerprint density at radius 2 is 2.00 bits per heavy atom. The number of imidazole rings is 1. The zero-order chi connectivity index (χ0) is 12.1. The summed E-state index contributed by atoms with van der Waals surface area (Å²) in [5.41, 5.74) is 1.46. The molecule has 2 aromatic rings. The minimum atomic E-state index is -3.90. The van der Waals surface area contributed by atoms with Gasteiger partial charge >= 0.3 is 0 Å². The molecule has 0 spiro atoms. The van der Waals surface area contributed by atoms with E-state index in [0.717, 1.165) is 10.1 Å². The van der Waals surface area contributed by atoms with E-state index < -0.39 is 9.05 Å². The number of halogens is 2. The molecule has 0 aliphatic carbocycles. The molecule has 0 radical (unpaired) electrons. The van der Waals surface area contributed by atoms with Crippen molar-refractivity contribution in [2.45, 2.75) is 18.9 Å². The van der Waals surface area contributed by atoms with Gasteiger partial charge < -0.3 is 0 Å².